The fourth-order valence-corrected chi connectivity index (χ4v) is 1.64. The molecular formula is C13H22N4. The van der Waals surface area contributed by atoms with Crippen LogP contribution >= 0.6 is 0 Å². The van der Waals surface area contributed by atoms with Gasteiger partial charge < -0.3 is 10.6 Å². The van der Waals surface area contributed by atoms with Gasteiger partial charge in [-0.1, -0.05) is 26.3 Å². The van der Waals surface area contributed by atoms with E-state index in [0.29, 0.717) is 11.6 Å². The highest BCUT2D eigenvalue weighted by molar-refractivity contribution is 5.93. The van der Waals surface area contributed by atoms with Crippen molar-refractivity contribution in [1.29, 1.82) is 5.41 Å². The van der Waals surface area contributed by atoms with E-state index in [2.05, 4.69) is 30.7 Å². The van der Waals surface area contributed by atoms with Crippen molar-refractivity contribution in [3.8, 4) is 0 Å². The number of hydrogen-bond acceptors (Lipinski definition) is 3. The van der Waals surface area contributed by atoms with Gasteiger partial charge in [0.05, 0.1) is 0 Å². The topological polar surface area (TPSA) is 66.0 Å². The predicted octanol–water partition coefficient (Wildman–Crippen LogP) is 2.24. The van der Waals surface area contributed by atoms with E-state index < -0.39 is 0 Å². The Morgan fingerprint density at radius 2 is 2.18 bits per heavy atom. The predicted molar refractivity (Wildman–Crippen MR) is 72.6 cm³/mol. The monoisotopic (exact) mass is 234 g/mol. The Morgan fingerprint density at radius 1 is 1.47 bits per heavy atom. The Balaban J connectivity index is 2.88. The minimum atomic E-state index is 0.0199. The highest BCUT2D eigenvalue weighted by Gasteiger charge is 2.10. The number of nitrogens with one attached hydrogen (secondary N) is 1. The van der Waals surface area contributed by atoms with Crippen LogP contribution in [0.2, 0.25) is 0 Å². The van der Waals surface area contributed by atoms with Gasteiger partial charge in [0, 0.05) is 13.1 Å². The first-order valence-corrected chi connectivity index (χ1v) is 6.14. The Bertz CT molecular complexity index is 375. The first kappa shape index (κ1) is 13.5. The van der Waals surface area contributed by atoms with Crippen LogP contribution in [-0.4, -0.2) is 23.9 Å². The van der Waals surface area contributed by atoms with Crippen LogP contribution in [-0.2, 0) is 0 Å². The Labute approximate surface area is 103 Å². The zero-order chi connectivity index (χ0) is 12.8. The normalized spacial score (nSPS) is 12.2. The molecule has 0 aliphatic heterocycles. The third-order valence-corrected chi connectivity index (χ3v) is 2.95. The molecule has 0 aromatic carbocycles. The molecule has 0 aliphatic rings. The summed E-state index contributed by atoms with van der Waals surface area (Å²) in [6.07, 6.45) is 1.16. The second kappa shape index (κ2) is 6.23. The SMILES string of the molecule is CCC(C)CN(CC)c1cccc(C(=N)N)n1. The number of amidine groups is 1. The summed E-state index contributed by atoms with van der Waals surface area (Å²) in [5, 5.41) is 7.40. The molecule has 0 amide bonds. The maximum absolute atomic E-state index is 7.40. The molecular weight excluding hydrogens is 212 g/mol. The lowest BCUT2D eigenvalue weighted by Gasteiger charge is -2.25. The van der Waals surface area contributed by atoms with Crippen LogP contribution in [0.4, 0.5) is 5.82 Å². The van der Waals surface area contributed by atoms with Crippen molar-refractivity contribution in [2.24, 2.45) is 11.7 Å². The van der Waals surface area contributed by atoms with Crippen LogP contribution in [0.3, 0.4) is 0 Å². The number of anilines is 1. The van der Waals surface area contributed by atoms with Crippen LogP contribution in [0.1, 0.15) is 32.9 Å². The van der Waals surface area contributed by atoms with Crippen molar-refractivity contribution < 1.29 is 0 Å². The van der Waals surface area contributed by atoms with Gasteiger partial charge in [-0.2, -0.15) is 0 Å². The fraction of sp³-hybridized carbons (Fsp3) is 0.538. The van der Waals surface area contributed by atoms with Crippen molar-refractivity contribution in [2.75, 3.05) is 18.0 Å². The van der Waals surface area contributed by atoms with Crippen molar-refractivity contribution in [2.45, 2.75) is 27.2 Å². The maximum Gasteiger partial charge on any atom is 0.141 e. The third-order valence-electron chi connectivity index (χ3n) is 2.95. The molecule has 0 spiro atoms. The second-order valence-corrected chi connectivity index (χ2v) is 4.35. The van der Waals surface area contributed by atoms with Gasteiger partial charge in [0.25, 0.3) is 0 Å². The lowest BCUT2D eigenvalue weighted by atomic mass is 10.1. The van der Waals surface area contributed by atoms with E-state index in [0.717, 1.165) is 25.3 Å². The third kappa shape index (κ3) is 3.73. The van der Waals surface area contributed by atoms with E-state index in [4.69, 9.17) is 11.1 Å². The minimum Gasteiger partial charge on any atom is -0.382 e. The van der Waals surface area contributed by atoms with E-state index in [1.807, 2.05) is 12.1 Å². The van der Waals surface area contributed by atoms with Crippen molar-refractivity contribution in [1.82, 2.24) is 4.98 Å². The number of rotatable bonds is 6. The minimum absolute atomic E-state index is 0.0199. The van der Waals surface area contributed by atoms with Gasteiger partial charge in [0.1, 0.15) is 17.3 Å². The molecule has 4 heteroatoms. The van der Waals surface area contributed by atoms with Gasteiger partial charge in [-0.15, -0.1) is 0 Å². The molecule has 1 unspecified atom stereocenters. The molecule has 1 aromatic heterocycles. The maximum atomic E-state index is 7.40. The first-order chi connectivity index (χ1) is 8.08. The molecule has 0 radical (unpaired) electrons. The molecule has 0 aliphatic carbocycles. The zero-order valence-electron chi connectivity index (χ0n) is 10.9. The molecule has 0 bridgehead atoms. The van der Waals surface area contributed by atoms with Crippen molar-refractivity contribution in [3.63, 3.8) is 0 Å². The molecule has 4 nitrogen and oxygen atoms in total. The van der Waals surface area contributed by atoms with E-state index in [1.54, 1.807) is 6.07 Å². The molecule has 0 saturated heterocycles. The Morgan fingerprint density at radius 3 is 2.71 bits per heavy atom. The summed E-state index contributed by atoms with van der Waals surface area (Å²) in [6, 6.07) is 5.64. The summed E-state index contributed by atoms with van der Waals surface area (Å²) >= 11 is 0. The molecule has 1 aromatic rings. The van der Waals surface area contributed by atoms with Gasteiger partial charge in [0.15, 0.2) is 0 Å². The van der Waals surface area contributed by atoms with Gasteiger partial charge in [-0.25, -0.2) is 4.98 Å². The second-order valence-electron chi connectivity index (χ2n) is 4.35. The number of aromatic nitrogens is 1. The molecule has 3 N–H and O–H groups in total. The molecule has 1 atom stereocenters. The molecule has 94 valence electrons. The lowest BCUT2D eigenvalue weighted by Crippen LogP contribution is -2.29. The van der Waals surface area contributed by atoms with Crippen LogP contribution in [0, 0.1) is 11.3 Å². The Hall–Kier alpha value is -1.58. The zero-order valence-corrected chi connectivity index (χ0v) is 10.9. The summed E-state index contributed by atoms with van der Waals surface area (Å²) in [4.78, 5) is 6.63. The average Bonchev–Trinajstić information content (AvgIpc) is 2.35. The summed E-state index contributed by atoms with van der Waals surface area (Å²) < 4.78 is 0. The van der Waals surface area contributed by atoms with Crippen molar-refractivity contribution in [3.05, 3.63) is 23.9 Å². The number of nitrogen functional groups attached to an aromatic ring is 1. The molecule has 17 heavy (non-hydrogen) atoms. The summed E-state index contributed by atoms with van der Waals surface area (Å²) in [6.45, 7) is 8.44. The van der Waals surface area contributed by atoms with Crippen LogP contribution in [0.5, 0.6) is 0 Å². The smallest absolute Gasteiger partial charge is 0.141 e. The highest BCUT2D eigenvalue weighted by Crippen LogP contribution is 2.14. The molecule has 1 rings (SSSR count). The van der Waals surface area contributed by atoms with Crippen molar-refractivity contribution >= 4 is 11.7 Å². The van der Waals surface area contributed by atoms with Crippen LogP contribution in [0.25, 0.3) is 0 Å². The lowest BCUT2D eigenvalue weighted by molar-refractivity contribution is 0.545. The number of nitrogens with zero attached hydrogens (tertiary/aromatic N) is 2. The van der Waals surface area contributed by atoms with Crippen LogP contribution < -0.4 is 10.6 Å². The van der Waals surface area contributed by atoms with Gasteiger partial charge in [-0.3, -0.25) is 5.41 Å². The quantitative estimate of drug-likeness (QED) is 0.586. The standard InChI is InChI=1S/C13H22N4/c1-4-10(3)9-17(5-2)12-8-6-7-11(16-12)13(14)15/h6-8,10H,4-5,9H2,1-3H3,(H3,14,15). The van der Waals surface area contributed by atoms with Crippen LogP contribution in [0.15, 0.2) is 18.2 Å². The molecule has 0 fully saturated rings. The van der Waals surface area contributed by atoms with Gasteiger partial charge in [0.2, 0.25) is 0 Å². The van der Waals surface area contributed by atoms with E-state index in [1.165, 1.54) is 0 Å². The van der Waals surface area contributed by atoms with Gasteiger partial charge >= 0.3 is 0 Å². The number of nitrogens with two attached hydrogens (primary N) is 1. The largest absolute Gasteiger partial charge is 0.382 e. The van der Waals surface area contributed by atoms with Gasteiger partial charge in [-0.05, 0) is 25.0 Å². The summed E-state index contributed by atoms with van der Waals surface area (Å²) in [5.74, 6) is 1.56. The van der Waals surface area contributed by atoms with E-state index in [9.17, 15) is 0 Å². The summed E-state index contributed by atoms with van der Waals surface area (Å²) in [7, 11) is 0. The summed E-state index contributed by atoms with van der Waals surface area (Å²) in [5.41, 5.74) is 6.00. The molecule has 0 saturated carbocycles. The number of pyridine rings is 1. The van der Waals surface area contributed by atoms with E-state index in [-0.39, 0.29) is 5.84 Å². The van der Waals surface area contributed by atoms with E-state index >= 15 is 0 Å². The highest BCUT2D eigenvalue weighted by atomic mass is 15.2. The molecule has 1 heterocycles. The average molecular weight is 234 g/mol. The fourth-order valence-electron chi connectivity index (χ4n) is 1.64. The number of hydrogen-bond donors (Lipinski definition) is 2. The first-order valence-electron chi connectivity index (χ1n) is 6.14. The Kier molecular flexibility index (Phi) is 4.94.